The second kappa shape index (κ2) is 2.49. The van der Waals surface area contributed by atoms with Crippen LogP contribution in [-0.2, 0) is 0 Å². The summed E-state index contributed by atoms with van der Waals surface area (Å²) in [6.07, 6.45) is 0. The number of carbonyl (C=O) groups is 1. The number of primary amides is 1. The Balaban J connectivity index is 3.08. The third-order valence-electron chi connectivity index (χ3n) is 0.841. The van der Waals surface area contributed by atoms with E-state index in [4.69, 9.17) is 5.73 Å². The fourth-order valence-electron chi connectivity index (χ4n) is 0.470. The van der Waals surface area contributed by atoms with Crippen molar-refractivity contribution in [2.24, 2.45) is 5.73 Å². The first kappa shape index (κ1) is 6.77. The van der Waals surface area contributed by atoms with Crippen molar-refractivity contribution < 1.29 is 4.79 Å². The van der Waals surface area contributed by atoms with Crippen molar-refractivity contribution in [1.29, 1.82) is 0 Å². The highest BCUT2D eigenvalue weighted by molar-refractivity contribution is 9.10. The smallest absolute Gasteiger partial charge is 0.259 e. The number of carbonyl (C=O) groups excluding carboxylic acids is 1. The summed E-state index contributed by atoms with van der Waals surface area (Å²) < 4.78 is 0.778. The summed E-state index contributed by atoms with van der Waals surface area (Å²) >= 11 is 4.51. The summed E-state index contributed by atoms with van der Waals surface area (Å²) in [6.45, 7) is 0. The molecule has 0 aliphatic heterocycles. The average Bonchev–Trinajstić information content (AvgIpc) is 2.13. The average molecular weight is 206 g/mol. The lowest BCUT2D eigenvalue weighted by atomic mass is 10.5. The van der Waals surface area contributed by atoms with E-state index >= 15 is 0 Å². The summed E-state index contributed by atoms with van der Waals surface area (Å²) in [7, 11) is 0. The van der Waals surface area contributed by atoms with Gasteiger partial charge >= 0.3 is 0 Å². The topological polar surface area (TPSA) is 43.1 Å². The van der Waals surface area contributed by atoms with Gasteiger partial charge in [0.15, 0.2) is 0 Å². The van der Waals surface area contributed by atoms with E-state index in [1.54, 1.807) is 6.07 Å². The van der Waals surface area contributed by atoms with Crippen LogP contribution in [-0.4, -0.2) is 5.91 Å². The Kier molecular flexibility index (Phi) is 1.87. The van der Waals surface area contributed by atoms with Gasteiger partial charge in [0, 0.05) is 4.47 Å². The lowest BCUT2D eigenvalue weighted by molar-refractivity contribution is 0.100. The lowest BCUT2D eigenvalue weighted by Crippen LogP contribution is -2.08. The van der Waals surface area contributed by atoms with Crippen molar-refractivity contribution in [3.63, 3.8) is 0 Å². The molecule has 1 aromatic heterocycles. The molecule has 0 saturated heterocycles. The molecule has 2 nitrogen and oxygen atoms in total. The van der Waals surface area contributed by atoms with Crippen molar-refractivity contribution in [1.82, 2.24) is 0 Å². The Labute approximate surface area is 64.8 Å². The Morgan fingerprint density at radius 2 is 2.44 bits per heavy atom. The normalized spacial score (nSPS) is 9.44. The number of halogens is 1. The van der Waals surface area contributed by atoms with Crippen LogP contribution in [0.5, 0.6) is 0 Å². The molecule has 1 heterocycles. The van der Waals surface area contributed by atoms with Crippen LogP contribution in [0.25, 0.3) is 0 Å². The second-order valence-electron chi connectivity index (χ2n) is 1.46. The van der Waals surface area contributed by atoms with Crippen LogP contribution < -0.4 is 5.73 Å². The minimum Gasteiger partial charge on any atom is -0.365 e. The number of hydrogen-bond donors (Lipinski definition) is 1. The molecule has 4 heteroatoms. The monoisotopic (exact) mass is 205 g/mol. The summed E-state index contributed by atoms with van der Waals surface area (Å²) in [5.41, 5.74) is 5.00. The highest BCUT2D eigenvalue weighted by atomic mass is 79.9. The van der Waals surface area contributed by atoms with E-state index in [-0.39, 0.29) is 5.91 Å². The molecule has 0 bridgehead atoms. The molecule has 0 fully saturated rings. The molecular weight excluding hydrogens is 202 g/mol. The van der Waals surface area contributed by atoms with Crippen LogP contribution in [0.15, 0.2) is 15.9 Å². The van der Waals surface area contributed by atoms with E-state index in [9.17, 15) is 4.79 Å². The van der Waals surface area contributed by atoms with Gasteiger partial charge in [-0.25, -0.2) is 0 Å². The second-order valence-corrected chi connectivity index (χ2v) is 3.23. The summed E-state index contributed by atoms with van der Waals surface area (Å²) in [6, 6.07) is 1.80. The van der Waals surface area contributed by atoms with E-state index in [0.717, 1.165) is 4.47 Å². The SMILES string of the molecule is NC(=O)c1sccc1Br. The fraction of sp³-hybridized carbons (Fsp3) is 0. The molecule has 0 aliphatic rings. The van der Waals surface area contributed by atoms with Gasteiger partial charge in [-0.3, -0.25) is 4.79 Å². The van der Waals surface area contributed by atoms with Crippen molar-refractivity contribution in [2.75, 3.05) is 0 Å². The predicted octanol–water partition coefficient (Wildman–Crippen LogP) is 1.61. The van der Waals surface area contributed by atoms with E-state index in [2.05, 4.69) is 15.9 Å². The van der Waals surface area contributed by atoms with E-state index in [0.29, 0.717) is 4.88 Å². The van der Waals surface area contributed by atoms with E-state index < -0.39 is 0 Å². The Morgan fingerprint density at radius 1 is 1.78 bits per heavy atom. The third-order valence-corrected chi connectivity index (χ3v) is 2.69. The van der Waals surface area contributed by atoms with E-state index in [1.165, 1.54) is 11.3 Å². The molecule has 0 spiro atoms. The first-order valence-corrected chi connectivity index (χ1v) is 3.92. The quantitative estimate of drug-likeness (QED) is 0.745. The van der Waals surface area contributed by atoms with Crippen LogP contribution in [0, 0.1) is 0 Å². The van der Waals surface area contributed by atoms with Crippen molar-refractivity contribution in [2.45, 2.75) is 0 Å². The third kappa shape index (κ3) is 1.31. The molecular formula is C5H4BrNOS. The number of nitrogens with two attached hydrogens (primary N) is 1. The summed E-state index contributed by atoms with van der Waals surface area (Å²) in [5.74, 6) is -0.378. The highest BCUT2D eigenvalue weighted by Crippen LogP contribution is 2.21. The molecule has 48 valence electrons. The molecule has 0 aliphatic carbocycles. The molecule has 0 radical (unpaired) electrons. The van der Waals surface area contributed by atoms with Gasteiger partial charge in [0.05, 0.1) is 0 Å². The minimum atomic E-state index is -0.378. The van der Waals surface area contributed by atoms with Gasteiger partial charge < -0.3 is 5.73 Å². The van der Waals surface area contributed by atoms with Crippen LogP contribution in [0.3, 0.4) is 0 Å². The zero-order valence-electron chi connectivity index (χ0n) is 4.43. The van der Waals surface area contributed by atoms with Gasteiger partial charge in [-0.1, -0.05) is 0 Å². The van der Waals surface area contributed by atoms with Gasteiger partial charge in [0.2, 0.25) is 0 Å². The molecule has 1 amide bonds. The first-order chi connectivity index (χ1) is 4.22. The van der Waals surface area contributed by atoms with Crippen LogP contribution >= 0.6 is 27.3 Å². The zero-order chi connectivity index (χ0) is 6.85. The van der Waals surface area contributed by atoms with Gasteiger partial charge in [-0.05, 0) is 27.4 Å². The number of thiophene rings is 1. The van der Waals surface area contributed by atoms with Crippen LogP contribution in [0.2, 0.25) is 0 Å². The van der Waals surface area contributed by atoms with Gasteiger partial charge in [-0.15, -0.1) is 11.3 Å². The molecule has 0 saturated carbocycles. The van der Waals surface area contributed by atoms with Crippen LogP contribution in [0.4, 0.5) is 0 Å². The predicted molar refractivity (Wildman–Crippen MR) is 40.5 cm³/mol. The summed E-state index contributed by atoms with van der Waals surface area (Å²) in [5, 5.41) is 1.81. The molecule has 1 rings (SSSR count). The zero-order valence-corrected chi connectivity index (χ0v) is 6.83. The Morgan fingerprint density at radius 3 is 2.67 bits per heavy atom. The van der Waals surface area contributed by atoms with Gasteiger partial charge in [0.25, 0.3) is 5.91 Å². The Bertz CT molecular complexity index is 233. The number of hydrogen-bond acceptors (Lipinski definition) is 2. The number of amides is 1. The van der Waals surface area contributed by atoms with Crippen molar-refractivity contribution >= 4 is 33.2 Å². The Hall–Kier alpha value is -0.350. The minimum absolute atomic E-state index is 0.378. The fourth-order valence-corrected chi connectivity index (χ4v) is 1.89. The number of rotatable bonds is 1. The molecule has 1 aromatic rings. The maximum Gasteiger partial charge on any atom is 0.259 e. The van der Waals surface area contributed by atoms with Crippen molar-refractivity contribution in [3.8, 4) is 0 Å². The largest absolute Gasteiger partial charge is 0.365 e. The van der Waals surface area contributed by atoms with Crippen LogP contribution in [0.1, 0.15) is 9.67 Å². The van der Waals surface area contributed by atoms with E-state index in [1.807, 2.05) is 5.38 Å². The van der Waals surface area contributed by atoms with Crippen molar-refractivity contribution in [3.05, 3.63) is 20.8 Å². The lowest BCUT2D eigenvalue weighted by Gasteiger charge is -1.85. The first-order valence-electron chi connectivity index (χ1n) is 2.24. The van der Waals surface area contributed by atoms with Gasteiger partial charge in [-0.2, -0.15) is 0 Å². The molecule has 0 unspecified atom stereocenters. The maximum absolute atomic E-state index is 10.5. The maximum atomic E-state index is 10.5. The molecule has 2 N–H and O–H groups in total. The molecule has 9 heavy (non-hydrogen) atoms. The molecule has 0 aromatic carbocycles. The van der Waals surface area contributed by atoms with Gasteiger partial charge in [0.1, 0.15) is 4.88 Å². The summed E-state index contributed by atoms with van der Waals surface area (Å²) in [4.78, 5) is 11.1. The standard InChI is InChI=1S/C5H4BrNOS/c6-3-1-2-9-4(3)5(7)8/h1-2H,(H2,7,8). The molecule has 0 atom stereocenters. The highest BCUT2D eigenvalue weighted by Gasteiger charge is 2.05.